The van der Waals surface area contributed by atoms with E-state index in [0.29, 0.717) is 6.54 Å². The van der Waals surface area contributed by atoms with E-state index in [1.54, 1.807) is 0 Å². The maximum Gasteiger partial charge on any atom is 0.0483 e. The fourth-order valence-electron chi connectivity index (χ4n) is 1.89. The zero-order valence-corrected chi connectivity index (χ0v) is 8.04. The van der Waals surface area contributed by atoms with E-state index in [-0.39, 0.29) is 0 Å². The van der Waals surface area contributed by atoms with Gasteiger partial charge in [-0.15, -0.1) is 0 Å². The third-order valence-corrected chi connectivity index (χ3v) is 2.52. The number of rotatable bonds is 1. The van der Waals surface area contributed by atoms with Crippen molar-refractivity contribution in [2.24, 2.45) is 12.8 Å². The van der Waals surface area contributed by atoms with Gasteiger partial charge in [0.2, 0.25) is 0 Å². The summed E-state index contributed by atoms with van der Waals surface area (Å²) < 4.78 is 2.13. The van der Waals surface area contributed by atoms with E-state index in [2.05, 4.69) is 42.9 Å². The highest BCUT2D eigenvalue weighted by molar-refractivity contribution is 5.87. The summed E-state index contributed by atoms with van der Waals surface area (Å²) in [6.45, 7) is 2.74. The van der Waals surface area contributed by atoms with Crippen molar-refractivity contribution in [3.8, 4) is 0 Å². The summed E-state index contributed by atoms with van der Waals surface area (Å²) in [5, 5.41) is 1.31. The molecule has 0 radical (unpaired) electrons. The van der Waals surface area contributed by atoms with E-state index >= 15 is 0 Å². The summed E-state index contributed by atoms with van der Waals surface area (Å²) in [7, 11) is 2.06. The maximum atomic E-state index is 5.68. The Bertz CT molecular complexity index is 441. The first-order chi connectivity index (χ1) is 6.24. The minimum Gasteiger partial charge on any atom is -0.350 e. The van der Waals surface area contributed by atoms with Gasteiger partial charge in [-0.1, -0.05) is 12.1 Å². The van der Waals surface area contributed by atoms with Gasteiger partial charge in [-0.3, -0.25) is 0 Å². The molecule has 0 unspecified atom stereocenters. The normalized spacial score (nSPS) is 11.0. The van der Waals surface area contributed by atoms with Gasteiger partial charge in [0.25, 0.3) is 0 Å². The lowest BCUT2D eigenvalue weighted by Gasteiger charge is -1.99. The van der Waals surface area contributed by atoms with Crippen molar-refractivity contribution < 1.29 is 0 Å². The van der Waals surface area contributed by atoms with E-state index in [0.717, 1.165) is 0 Å². The standard InChI is InChI=1S/C11H14N2/c1-8-4-3-5-10-11(8)9(6-12)7-13(10)2/h3-5,7H,6,12H2,1-2H3. The smallest absolute Gasteiger partial charge is 0.0483 e. The number of nitrogens with zero attached hydrogens (tertiary/aromatic N) is 1. The van der Waals surface area contributed by atoms with Crippen molar-refractivity contribution in [2.75, 3.05) is 0 Å². The Morgan fingerprint density at radius 3 is 2.85 bits per heavy atom. The molecule has 0 bridgehead atoms. The van der Waals surface area contributed by atoms with Gasteiger partial charge in [0.15, 0.2) is 0 Å². The molecule has 0 spiro atoms. The molecule has 2 rings (SSSR count). The molecule has 1 aromatic heterocycles. The molecular formula is C11H14N2. The van der Waals surface area contributed by atoms with Gasteiger partial charge in [-0.05, 0) is 24.1 Å². The number of hydrogen-bond acceptors (Lipinski definition) is 1. The van der Waals surface area contributed by atoms with Gasteiger partial charge >= 0.3 is 0 Å². The van der Waals surface area contributed by atoms with E-state index < -0.39 is 0 Å². The molecule has 0 atom stereocenters. The molecule has 0 saturated heterocycles. The fourth-order valence-corrected chi connectivity index (χ4v) is 1.89. The highest BCUT2D eigenvalue weighted by Crippen LogP contribution is 2.23. The second kappa shape index (κ2) is 2.89. The molecular weight excluding hydrogens is 160 g/mol. The number of benzene rings is 1. The van der Waals surface area contributed by atoms with Crippen molar-refractivity contribution in [1.29, 1.82) is 0 Å². The Balaban J connectivity index is 2.89. The lowest BCUT2D eigenvalue weighted by Crippen LogP contribution is -1.95. The molecule has 2 heteroatoms. The quantitative estimate of drug-likeness (QED) is 0.703. The van der Waals surface area contributed by atoms with Crippen molar-refractivity contribution >= 4 is 10.9 Å². The number of nitrogens with two attached hydrogens (primary N) is 1. The summed E-state index contributed by atoms with van der Waals surface area (Å²) in [6, 6.07) is 6.33. The second-order valence-electron chi connectivity index (χ2n) is 3.44. The first-order valence-corrected chi connectivity index (χ1v) is 4.47. The summed E-state index contributed by atoms with van der Waals surface area (Å²) in [4.78, 5) is 0. The SMILES string of the molecule is Cc1cccc2c1c(CN)cn2C. The largest absolute Gasteiger partial charge is 0.350 e. The molecule has 0 aliphatic heterocycles. The van der Waals surface area contributed by atoms with Crippen LogP contribution in [0.1, 0.15) is 11.1 Å². The van der Waals surface area contributed by atoms with Crippen LogP contribution in [-0.4, -0.2) is 4.57 Å². The molecule has 0 amide bonds. The summed E-state index contributed by atoms with van der Waals surface area (Å²) in [5.41, 5.74) is 9.49. The second-order valence-corrected chi connectivity index (χ2v) is 3.44. The van der Waals surface area contributed by atoms with Crippen LogP contribution in [0.5, 0.6) is 0 Å². The summed E-state index contributed by atoms with van der Waals surface area (Å²) in [6.07, 6.45) is 2.11. The van der Waals surface area contributed by atoms with Crippen molar-refractivity contribution in [2.45, 2.75) is 13.5 Å². The van der Waals surface area contributed by atoms with Gasteiger partial charge < -0.3 is 10.3 Å². The van der Waals surface area contributed by atoms with Crippen LogP contribution >= 0.6 is 0 Å². The third-order valence-electron chi connectivity index (χ3n) is 2.52. The van der Waals surface area contributed by atoms with Crippen LogP contribution in [-0.2, 0) is 13.6 Å². The Hall–Kier alpha value is -1.28. The molecule has 2 N–H and O–H groups in total. The summed E-state index contributed by atoms with van der Waals surface area (Å²) >= 11 is 0. The van der Waals surface area contributed by atoms with Gasteiger partial charge in [-0.25, -0.2) is 0 Å². The Labute approximate surface area is 78.0 Å². The Kier molecular flexibility index (Phi) is 1.85. The van der Waals surface area contributed by atoms with Crippen LogP contribution in [0, 0.1) is 6.92 Å². The fraction of sp³-hybridized carbons (Fsp3) is 0.273. The Morgan fingerprint density at radius 1 is 1.38 bits per heavy atom. The summed E-state index contributed by atoms with van der Waals surface area (Å²) in [5.74, 6) is 0. The highest BCUT2D eigenvalue weighted by atomic mass is 14.9. The van der Waals surface area contributed by atoms with Crippen LogP contribution in [0.15, 0.2) is 24.4 Å². The highest BCUT2D eigenvalue weighted by Gasteiger charge is 2.06. The van der Waals surface area contributed by atoms with Crippen LogP contribution < -0.4 is 5.73 Å². The van der Waals surface area contributed by atoms with Gasteiger partial charge in [-0.2, -0.15) is 0 Å². The molecule has 1 heterocycles. The van der Waals surface area contributed by atoms with E-state index in [4.69, 9.17) is 5.73 Å². The minimum atomic E-state index is 0.613. The number of hydrogen-bond donors (Lipinski definition) is 1. The van der Waals surface area contributed by atoms with Crippen molar-refractivity contribution in [1.82, 2.24) is 4.57 Å². The van der Waals surface area contributed by atoms with Crippen LogP contribution in [0.2, 0.25) is 0 Å². The predicted octanol–water partition coefficient (Wildman–Crippen LogP) is 1.95. The van der Waals surface area contributed by atoms with Gasteiger partial charge in [0.1, 0.15) is 0 Å². The van der Waals surface area contributed by atoms with E-state index in [1.165, 1.54) is 22.0 Å². The minimum absolute atomic E-state index is 0.613. The van der Waals surface area contributed by atoms with Crippen molar-refractivity contribution in [3.05, 3.63) is 35.5 Å². The van der Waals surface area contributed by atoms with Crippen LogP contribution in [0.3, 0.4) is 0 Å². The number of fused-ring (bicyclic) bond motifs is 1. The van der Waals surface area contributed by atoms with Gasteiger partial charge in [0.05, 0.1) is 0 Å². The first-order valence-electron chi connectivity index (χ1n) is 4.47. The molecule has 1 aromatic carbocycles. The molecule has 0 saturated carbocycles. The maximum absolute atomic E-state index is 5.68. The molecule has 2 aromatic rings. The van der Waals surface area contributed by atoms with E-state index in [1.807, 2.05) is 0 Å². The lowest BCUT2D eigenvalue weighted by atomic mass is 10.1. The lowest BCUT2D eigenvalue weighted by molar-refractivity contribution is 0.949. The first kappa shape index (κ1) is 8.32. The van der Waals surface area contributed by atoms with Crippen LogP contribution in [0.25, 0.3) is 10.9 Å². The topological polar surface area (TPSA) is 30.9 Å². The Morgan fingerprint density at radius 2 is 2.15 bits per heavy atom. The zero-order valence-electron chi connectivity index (χ0n) is 8.04. The van der Waals surface area contributed by atoms with Crippen molar-refractivity contribution in [3.63, 3.8) is 0 Å². The third kappa shape index (κ3) is 1.14. The molecule has 2 nitrogen and oxygen atoms in total. The molecule has 13 heavy (non-hydrogen) atoms. The zero-order chi connectivity index (χ0) is 9.42. The molecule has 68 valence electrons. The molecule has 0 fully saturated rings. The monoisotopic (exact) mass is 174 g/mol. The van der Waals surface area contributed by atoms with Crippen LogP contribution in [0.4, 0.5) is 0 Å². The molecule has 0 aliphatic carbocycles. The predicted molar refractivity (Wildman–Crippen MR) is 55.5 cm³/mol. The van der Waals surface area contributed by atoms with E-state index in [9.17, 15) is 0 Å². The molecule has 0 aliphatic rings. The number of aromatic nitrogens is 1. The average molecular weight is 174 g/mol. The number of aryl methyl sites for hydroxylation is 2. The van der Waals surface area contributed by atoms with Gasteiger partial charge in [0, 0.05) is 30.7 Å². The average Bonchev–Trinajstić information content (AvgIpc) is 2.45.